The highest BCUT2D eigenvalue weighted by Crippen LogP contribution is 2.38. The van der Waals surface area contributed by atoms with E-state index in [4.69, 9.17) is 4.74 Å². The largest absolute Gasteiger partial charge is 0.372 e. The van der Waals surface area contributed by atoms with Gasteiger partial charge in [0.05, 0.1) is 0 Å². The van der Waals surface area contributed by atoms with Gasteiger partial charge in [0, 0.05) is 19.7 Å². The summed E-state index contributed by atoms with van der Waals surface area (Å²) in [5, 5.41) is 0. The second kappa shape index (κ2) is 5.38. The lowest BCUT2D eigenvalue weighted by Crippen LogP contribution is -2.54. The van der Waals surface area contributed by atoms with Gasteiger partial charge in [0.1, 0.15) is 6.10 Å². The van der Waals surface area contributed by atoms with Crippen molar-refractivity contribution in [3.05, 3.63) is 0 Å². The number of carbonyl (C=O) groups is 1. The van der Waals surface area contributed by atoms with E-state index in [1.54, 1.807) is 7.11 Å². The molecule has 1 saturated heterocycles. The van der Waals surface area contributed by atoms with Crippen molar-refractivity contribution in [1.29, 1.82) is 0 Å². The minimum absolute atomic E-state index is 0.191. The van der Waals surface area contributed by atoms with Crippen LogP contribution in [0.15, 0.2) is 0 Å². The number of nitrogens with zero attached hydrogens (tertiary/aromatic N) is 1. The van der Waals surface area contributed by atoms with Crippen LogP contribution in [0.4, 0.5) is 0 Å². The SMILES string of the molecule is COC(C)C(=O)N1CCC(C)C2CCCCC21. The Bertz CT molecular complexity index is 279. The van der Waals surface area contributed by atoms with Crippen LogP contribution in [0.5, 0.6) is 0 Å². The number of likely N-dealkylation sites (tertiary alicyclic amines) is 1. The van der Waals surface area contributed by atoms with Crippen LogP contribution in [0, 0.1) is 11.8 Å². The number of ether oxygens (including phenoxy) is 1. The Labute approximate surface area is 105 Å². The van der Waals surface area contributed by atoms with Gasteiger partial charge in [-0.2, -0.15) is 0 Å². The molecule has 2 aliphatic rings. The Morgan fingerprint density at radius 1 is 1.29 bits per heavy atom. The van der Waals surface area contributed by atoms with E-state index in [0.29, 0.717) is 6.04 Å². The molecule has 3 nitrogen and oxygen atoms in total. The number of rotatable bonds is 2. The number of methoxy groups -OCH3 is 1. The Balaban J connectivity index is 2.09. The van der Waals surface area contributed by atoms with Crippen LogP contribution in [-0.2, 0) is 9.53 Å². The second-order valence-corrected chi connectivity index (χ2v) is 5.69. The summed E-state index contributed by atoms with van der Waals surface area (Å²) in [6, 6.07) is 0.484. The molecule has 0 spiro atoms. The molecule has 0 bridgehead atoms. The van der Waals surface area contributed by atoms with Crippen molar-refractivity contribution in [1.82, 2.24) is 4.90 Å². The van der Waals surface area contributed by atoms with E-state index < -0.39 is 0 Å². The molecule has 4 atom stereocenters. The lowest BCUT2D eigenvalue weighted by molar-refractivity contribution is -0.148. The summed E-state index contributed by atoms with van der Waals surface area (Å²) in [4.78, 5) is 14.4. The fourth-order valence-corrected chi connectivity index (χ4v) is 3.52. The highest BCUT2D eigenvalue weighted by Gasteiger charge is 2.40. The van der Waals surface area contributed by atoms with Crippen molar-refractivity contribution in [2.45, 2.75) is 58.1 Å². The molecule has 0 N–H and O–H groups in total. The first-order valence-electron chi connectivity index (χ1n) is 6.98. The fraction of sp³-hybridized carbons (Fsp3) is 0.929. The third kappa shape index (κ3) is 2.49. The van der Waals surface area contributed by atoms with Crippen molar-refractivity contribution >= 4 is 5.91 Å². The number of amides is 1. The molecule has 1 saturated carbocycles. The van der Waals surface area contributed by atoms with Crippen LogP contribution in [0.3, 0.4) is 0 Å². The van der Waals surface area contributed by atoms with Gasteiger partial charge in [0.2, 0.25) is 0 Å². The zero-order valence-electron chi connectivity index (χ0n) is 11.3. The maximum absolute atomic E-state index is 12.3. The smallest absolute Gasteiger partial charge is 0.251 e. The standard InChI is InChI=1S/C14H25NO2/c1-10-8-9-15(14(16)11(2)17-3)13-7-5-4-6-12(10)13/h10-13H,4-9H2,1-3H3. The number of piperidine rings is 1. The van der Waals surface area contributed by atoms with Crippen LogP contribution in [-0.4, -0.2) is 36.6 Å². The van der Waals surface area contributed by atoms with Gasteiger partial charge in [-0.15, -0.1) is 0 Å². The molecular weight excluding hydrogens is 214 g/mol. The van der Waals surface area contributed by atoms with Gasteiger partial charge in [0.25, 0.3) is 5.91 Å². The molecule has 0 radical (unpaired) electrons. The predicted octanol–water partition coefficient (Wildman–Crippen LogP) is 2.45. The van der Waals surface area contributed by atoms with E-state index in [9.17, 15) is 4.79 Å². The highest BCUT2D eigenvalue weighted by molar-refractivity contribution is 5.81. The molecule has 2 fully saturated rings. The molecule has 0 aromatic rings. The van der Waals surface area contributed by atoms with Crippen LogP contribution in [0.25, 0.3) is 0 Å². The molecule has 3 heteroatoms. The zero-order valence-corrected chi connectivity index (χ0v) is 11.3. The summed E-state index contributed by atoms with van der Waals surface area (Å²) in [5.41, 5.74) is 0. The average Bonchev–Trinajstić information content (AvgIpc) is 2.38. The Kier molecular flexibility index (Phi) is 4.08. The third-order valence-corrected chi connectivity index (χ3v) is 4.72. The first-order chi connectivity index (χ1) is 8.15. The Morgan fingerprint density at radius 3 is 2.71 bits per heavy atom. The Hall–Kier alpha value is -0.570. The van der Waals surface area contributed by atoms with Crippen LogP contribution < -0.4 is 0 Å². The molecular formula is C14H25NO2. The van der Waals surface area contributed by atoms with Crippen LogP contribution in [0.2, 0.25) is 0 Å². The summed E-state index contributed by atoms with van der Waals surface area (Å²) >= 11 is 0. The fourth-order valence-electron chi connectivity index (χ4n) is 3.52. The molecule has 1 aliphatic carbocycles. The Morgan fingerprint density at radius 2 is 2.00 bits per heavy atom. The topological polar surface area (TPSA) is 29.5 Å². The van der Waals surface area contributed by atoms with E-state index in [1.165, 1.54) is 25.7 Å². The lowest BCUT2D eigenvalue weighted by atomic mass is 9.72. The summed E-state index contributed by atoms with van der Waals surface area (Å²) in [6.07, 6.45) is 5.98. The number of hydrogen-bond acceptors (Lipinski definition) is 2. The summed E-state index contributed by atoms with van der Waals surface area (Å²) in [5.74, 6) is 1.70. The minimum atomic E-state index is -0.286. The third-order valence-electron chi connectivity index (χ3n) is 4.72. The molecule has 0 aromatic carbocycles. The van der Waals surface area contributed by atoms with Crippen molar-refractivity contribution < 1.29 is 9.53 Å². The molecule has 2 rings (SSSR count). The van der Waals surface area contributed by atoms with E-state index in [2.05, 4.69) is 11.8 Å². The monoisotopic (exact) mass is 239 g/mol. The summed E-state index contributed by atoms with van der Waals surface area (Å²) in [6.45, 7) is 5.14. The normalized spacial score (nSPS) is 35.2. The first-order valence-corrected chi connectivity index (χ1v) is 6.98. The van der Waals surface area contributed by atoms with Gasteiger partial charge in [-0.25, -0.2) is 0 Å². The molecule has 1 heterocycles. The first kappa shape index (κ1) is 12.9. The molecule has 17 heavy (non-hydrogen) atoms. The summed E-state index contributed by atoms with van der Waals surface area (Å²) in [7, 11) is 1.62. The number of carbonyl (C=O) groups excluding carboxylic acids is 1. The van der Waals surface area contributed by atoms with Gasteiger partial charge in [0.15, 0.2) is 0 Å². The highest BCUT2D eigenvalue weighted by atomic mass is 16.5. The molecule has 1 aliphatic heterocycles. The molecule has 1 amide bonds. The van der Waals surface area contributed by atoms with Gasteiger partial charge >= 0.3 is 0 Å². The van der Waals surface area contributed by atoms with Crippen molar-refractivity contribution in [2.24, 2.45) is 11.8 Å². The van der Waals surface area contributed by atoms with Crippen LogP contribution in [0.1, 0.15) is 46.0 Å². The lowest BCUT2D eigenvalue weighted by Gasteiger charge is -2.47. The van der Waals surface area contributed by atoms with Crippen molar-refractivity contribution in [3.63, 3.8) is 0 Å². The maximum Gasteiger partial charge on any atom is 0.251 e. The summed E-state index contributed by atoms with van der Waals surface area (Å²) < 4.78 is 5.18. The molecule has 4 unspecified atom stereocenters. The second-order valence-electron chi connectivity index (χ2n) is 5.69. The zero-order chi connectivity index (χ0) is 12.4. The van der Waals surface area contributed by atoms with Crippen LogP contribution >= 0.6 is 0 Å². The van der Waals surface area contributed by atoms with Gasteiger partial charge < -0.3 is 9.64 Å². The van der Waals surface area contributed by atoms with E-state index in [0.717, 1.165) is 24.8 Å². The van der Waals surface area contributed by atoms with Crippen molar-refractivity contribution in [3.8, 4) is 0 Å². The number of hydrogen-bond donors (Lipinski definition) is 0. The maximum atomic E-state index is 12.3. The molecule has 0 aromatic heterocycles. The predicted molar refractivity (Wildman–Crippen MR) is 67.7 cm³/mol. The average molecular weight is 239 g/mol. The van der Waals surface area contributed by atoms with Crippen molar-refractivity contribution in [2.75, 3.05) is 13.7 Å². The van der Waals surface area contributed by atoms with E-state index in [-0.39, 0.29) is 12.0 Å². The van der Waals surface area contributed by atoms with E-state index >= 15 is 0 Å². The quantitative estimate of drug-likeness (QED) is 0.741. The van der Waals surface area contributed by atoms with E-state index in [1.807, 2.05) is 6.92 Å². The molecule has 98 valence electrons. The minimum Gasteiger partial charge on any atom is -0.372 e. The van der Waals surface area contributed by atoms with Gasteiger partial charge in [-0.05, 0) is 38.0 Å². The number of fused-ring (bicyclic) bond motifs is 1. The van der Waals surface area contributed by atoms with Gasteiger partial charge in [-0.1, -0.05) is 19.8 Å². The van der Waals surface area contributed by atoms with Gasteiger partial charge in [-0.3, -0.25) is 4.79 Å².